The van der Waals surface area contributed by atoms with Crippen molar-refractivity contribution < 1.29 is 14.6 Å². The van der Waals surface area contributed by atoms with Crippen LogP contribution in [0, 0.1) is 10.1 Å². The lowest BCUT2D eigenvalue weighted by atomic mass is 10.0. The average molecular weight is 342 g/mol. The van der Waals surface area contributed by atoms with Gasteiger partial charge in [-0.1, -0.05) is 18.2 Å². The Bertz CT molecular complexity index is 823. The van der Waals surface area contributed by atoms with E-state index in [1.165, 1.54) is 12.1 Å². The molecule has 24 heavy (non-hydrogen) atoms. The Hall–Kier alpha value is -2.38. The summed E-state index contributed by atoms with van der Waals surface area (Å²) in [6.45, 7) is 1.15. The summed E-state index contributed by atoms with van der Waals surface area (Å²) in [6, 6.07) is 16.1. The first-order valence-corrected chi connectivity index (χ1v) is 8.65. The highest BCUT2D eigenvalue weighted by Gasteiger charge is 2.54. The van der Waals surface area contributed by atoms with Gasteiger partial charge in [-0.05, 0) is 36.0 Å². The number of aliphatic hydroxyl groups is 1. The van der Waals surface area contributed by atoms with Crippen LogP contribution in [0.5, 0.6) is 0 Å². The molecule has 1 N–H and O–H groups in total. The summed E-state index contributed by atoms with van der Waals surface area (Å²) >= 11 is 1.72. The Kier molecular flexibility index (Phi) is 3.54. The monoisotopic (exact) mass is 342 g/mol. The van der Waals surface area contributed by atoms with Crippen LogP contribution in [0.4, 0.5) is 11.4 Å². The third-order valence-corrected chi connectivity index (χ3v) is 5.53. The van der Waals surface area contributed by atoms with Crippen LogP contribution in [0.15, 0.2) is 54.6 Å². The lowest BCUT2D eigenvalue weighted by molar-refractivity contribution is -0.650. The van der Waals surface area contributed by atoms with Crippen LogP contribution in [0.2, 0.25) is 0 Å². The fraction of sp³-hybridized carbons (Fsp3) is 0.235. The summed E-state index contributed by atoms with van der Waals surface area (Å²) in [4.78, 5) is 12.5. The molecule has 1 atom stereocenters. The first-order chi connectivity index (χ1) is 11.6. The van der Waals surface area contributed by atoms with Gasteiger partial charge in [-0.3, -0.25) is 10.1 Å². The standard InChI is InChI=1S/C17H16N3O3S/c21-17(13-6-8-15(9-7-13)20(22)23)12-18(14-4-2-1-3-5-14)16-19(17)10-11-24-16/h1-9,21H,10-12H2/q+1/t17-/m0/s1. The van der Waals surface area contributed by atoms with Crippen LogP contribution in [-0.2, 0) is 5.72 Å². The number of rotatable bonds is 3. The highest BCUT2D eigenvalue weighted by Crippen LogP contribution is 2.38. The zero-order chi connectivity index (χ0) is 16.7. The molecule has 0 spiro atoms. The van der Waals surface area contributed by atoms with Gasteiger partial charge in [0.05, 0.1) is 11.5 Å². The fourth-order valence-corrected chi connectivity index (χ4v) is 4.43. The molecule has 2 aliphatic rings. The number of para-hydroxylation sites is 1. The first kappa shape index (κ1) is 15.2. The highest BCUT2D eigenvalue weighted by molar-refractivity contribution is 8.14. The van der Waals surface area contributed by atoms with Gasteiger partial charge in [-0.2, -0.15) is 0 Å². The Labute approximate surface area is 143 Å². The highest BCUT2D eigenvalue weighted by atomic mass is 32.2. The van der Waals surface area contributed by atoms with Crippen LogP contribution < -0.4 is 4.90 Å². The van der Waals surface area contributed by atoms with Crippen molar-refractivity contribution in [1.82, 2.24) is 0 Å². The molecule has 2 aliphatic heterocycles. The second-order valence-electron chi connectivity index (χ2n) is 5.82. The molecule has 2 aromatic carbocycles. The average Bonchev–Trinajstić information content (AvgIpc) is 3.19. The van der Waals surface area contributed by atoms with Gasteiger partial charge in [0.2, 0.25) is 0 Å². The summed E-state index contributed by atoms with van der Waals surface area (Å²) in [5, 5.41) is 23.3. The number of benzene rings is 2. The molecule has 0 radical (unpaired) electrons. The van der Waals surface area contributed by atoms with Gasteiger partial charge >= 0.3 is 5.17 Å². The number of hydrogen-bond acceptors (Lipinski definition) is 5. The molecule has 7 heteroatoms. The molecule has 0 saturated carbocycles. The topological polar surface area (TPSA) is 69.6 Å². The molecular weight excluding hydrogens is 326 g/mol. The zero-order valence-corrected chi connectivity index (χ0v) is 13.6. The van der Waals surface area contributed by atoms with E-state index in [2.05, 4.69) is 4.90 Å². The van der Waals surface area contributed by atoms with E-state index in [0.717, 1.165) is 23.2 Å². The maximum Gasteiger partial charge on any atom is 0.316 e. The number of β-amino-alcohol motifs (C(OH)–C–C–N with tert-alkyl or cyclic N) is 1. The Morgan fingerprint density at radius 1 is 1.17 bits per heavy atom. The van der Waals surface area contributed by atoms with Crippen molar-refractivity contribution in [3.63, 3.8) is 0 Å². The number of anilines is 1. The molecule has 0 amide bonds. The molecule has 0 aliphatic carbocycles. The Morgan fingerprint density at radius 2 is 1.88 bits per heavy atom. The molecule has 0 fully saturated rings. The smallest absolute Gasteiger partial charge is 0.316 e. The number of nitro benzene ring substituents is 1. The normalized spacial score (nSPS) is 22.8. The van der Waals surface area contributed by atoms with Gasteiger partial charge in [-0.15, -0.1) is 0 Å². The first-order valence-electron chi connectivity index (χ1n) is 7.67. The van der Waals surface area contributed by atoms with Crippen LogP contribution in [-0.4, -0.2) is 38.6 Å². The number of nitro groups is 1. The van der Waals surface area contributed by atoms with Crippen LogP contribution in [0.25, 0.3) is 0 Å². The molecule has 6 nitrogen and oxygen atoms in total. The fourth-order valence-electron chi connectivity index (χ4n) is 3.25. The third kappa shape index (κ3) is 2.28. The lowest BCUT2D eigenvalue weighted by Gasteiger charge is -2.22. The minimum absolute atomic E-state index is 0.0280. The van der Waals surface area contributed by atoms with Crippen molar-refractivity contribution >= 4 is 28.3 Å². The molecule has 0 unspecified atom stereocenters. The predicted molar refractivity (Wildman–Crippen MR) is 93.4 cm³/mol. The summed E-state index contributed by atoms with van der Waals surface area (Å²) in [6.07, 6.45) is 0. The second kappa shape index (κ2) is 5.61. The molecule has 2 heterocycles. The number of non-ortho nitro benzene ring substituents is 1. The maximum atomic E-state index is 11.4. The van der Waals surface area contributed by atoms with Gasteiger partial charge in [0.25, 0.3) is 11.4 Å². The molecule has 122 valence electrons. The summed E-state index contributed by atoms with van der Waals surface area (Å²) in [5.74, 6) is 0.911. The lowest BCUT2D eigenvalue weighted by Crippen LogP contribution is -2.41. The van der Waals surface area contributed by atoms with Crippen molar-refractivity contribution in [2.24, 2.45) is 0 Å². The molecule has 0 aromatic heterocycles. The Morgan fingerprint density at radius 3 is 2.54 bits per heavy atom. The summed E-state index contributed by atoms with van der Waals surface area (Å²) in [5.41, 5.74) is 0.556. The summed E-state index contributed by atoms with van der Waals surface area (Å²) < 4.78 is 1.99. The molecule has 0 saturated heterocycles. The van der Waals surface area contributed by atoms with E-state index >= 15 is 0 Å². The molecular formula is C17H16N3O3S+. The minimum atomic E-state index is -1.18. The predicted octanol–water partition coefficient (Wildman–Crippen LogP) is 2.38. The Balaban J connectivity index is 1.74. The number of thioether (sulfide) groups is 1. The molecule has 2 aromatic rings. The van der Waals surface area contributed by atoms with Crippen molar-refractivity contribution in [1.29, 1.82) is 0 Å². The van der Waals surface area contributed by atoms with E-state index in [-0.39, 0.29) is 5.69 Å². The van der Waals surface area contributed by atoms with Crippen LogP contribution >= 0.6 is 11.8 Å². The van der Waals surface area contributed by atoms with Gasteiger partial charge < -0.3 is 5.11 Å². The minimum Gasteiger partial charge on any atom is -0.346 e. The summed E-state index contributed by atoms with van der Waals surface area (Å²) in [7, 11) is 0. The van der Waals surface area contributed by atoms with Gasteiger partial charge in [0.15, 0.2) is 6.54 Å². The van der Waals surface area contributed by atoms with E-state index in [1.807, 2.05) is 34.9 Å². The van der Waals surface area contributed by atoms with E-state index in [1.54, 1.807) is 23.9 Å². The zero-order valence-electron chi connectivity index (χ0n) is 12.8. The van der Waals surface area contributed by atoms with Crippen LogP contribution in [0.1, 0.15) is 5.56 Å². The third-order valence-electron chi connectivity index (χ3n) is 4.44. The van der Waals surface area contributed by atoms with Crippen molar-refractivity contribution in [2.45, 2.75) is 5.72 Å². The van der Waals surface area contributed by atoms with E-state index in [0.29, 0.717) is 12.1 Å². The number of amidine groups is 1. The van der Waals surface area contributed by atoms with Crippen molar-refractivity contribution in [3.8, 4) is 0 Å². The van der Waals surface area contributed by atoms with Crippen LogP contribution in [0.3, 0.4) is 0 Å². The van der Waals surface area contributed by atoms with E-state index in [9.17, 15) is 15.2 Å². The van der Waals surface area contributed by atoms with Gasteiger partial charge in [-0.25, -0.2) is 9.48 Å². The SMILES string of the molecule is O=[N+]([O-])c1ccc([C@@]2(O)CN(c3ccccc3)C3=[N+]2CCS3)cc1. The number of hydrogen-bond donors (Lipinski definition) is 1. The maximum absolute atomic E-state index is 11.4. The van der Waals surface area contributed by atoms with Gasteiger partial charge in [0, 0.05) is 23.4 Å². The van der Waals surface area contributed by atoms with Gasteiger partial charge in [0.1, 0.15) is 5.69 Å². The molecule has 4 rings (SSSR count). The quantitative estimate of drug-likeness (QED) is 0.527. The van der Waals surface area contributed by atoms with E-state index in [4.69, 9.17) is 0 Å². The largest absolute Gasteiger partial charge is 0.346 e. The van der Waals surface area contributed by atoms with Crippen molar-refractivity contribution in [3.05, 3.63) is 70.3 Å². The second-order valence-corrected chi connectivity index (χ2v) is 6.89. The van der Waals surface area contributed by atoms with Crippen molar-refractivity contribution in [2.75, 3.05) is 23.7 Å². The number of nitrogens with zero attached hydrogens (tertiary/aromatic N) is 3. The van der Waals surface area contributed by atoms with E-state index < -0.39 is 10.6 Å². The molecule has 0 bridgehead atoms.